The number of methoxy groups -OCH3 is 1. The van der Waals surface area contributed by atoms with Crippen molar-refractivity contribution >= 4 is 32.5 Å². The van der Waals surface area contributed by atoms with Gasteiger partial charge in [0, 0.05) is 12.1 Å². The van der Waals surface area contributed by atoms with E-state index in [4.69, 9.17) is 0 Å². The van der Waals surface area contributed by atoms with E-state index in [0.29, 0.717) is 16.6 Å². The SMILES string of the molecule is COC(=O)c1cnc(NCC(C)(C)NS(C)(=O)=O)s1. The number of aromatic nitrogens is 1. The largest absolute Gasteiger partial charge is 0.465 e. The molecule has 7 nitrogen and oxygen atoms in total. The summed E-state index contributed by atoms with van der Waals surface area (Å²) in [6, 6.07) is 0. The molecule has 108 valence electrons. The summed E-state index contributed by atoms with van der Waals surface area (Å²) in [5, 5.41) is 3.51. The number of esters is 1. The average Bonchev–Trinajstić information content (AvgIpc) is 2.71. The molecule has 1 aromatic heterocycles. The van der Waals surface area contributed by atoms with Crippen LogP contribution in [0.15, 0.2) is 6.20 Å². The van der Waals surface area contributed by atoms with E-state index in [1.54, 1.807) is 13.8 Å². The smallest absolute Gasteiger partial charge is 0.349 e. The molecule has 0 unspecified atom stereocenters. The van der Waals surface area contributed by atoms with Gasteiger partial charge in [-0.3, -0.25) is 0 Å². The first-order valence-electron chi connectivity index (χ1n) is 5.40. The Hall–Kier alpha value is -1.19. The van der Waals surface area contributed by atoms with E-state index in [9.17, 15) is 13.2 Å². The maximum Gasteiger partial charge on any atom is 0.349 e. The molecule has 2 N–H and O–H groups in total. The maximum atomic E-state index is 11.2. The summed E-state index contributed by atoms with van der Waals surface area (Å²) in [4.78, 5) is 15.6. The minimum atomic E-state index is -3.28. The summed E-state index contributed by atoms with van der Waals surface area (Å²) in [5.74, 6) is -0.445. The number of anilines is 1. The van der Waals surface area contributed by atoms with Gasteiger partial charge in [0.1, 0.15) is 4.88 Å². The molecule has 0 radical (unpaired) electrons. The predicted octanol–water partition coefficient (Wildman–Crippen LogP) is 0.669. The molecule has 19 heavy (non-hydrogen) atoms. The fraction of sp³-hybridized carbons (Fsp3) is 0.600. The zero-order valence-corrected chi connectivity index (χ0v) is 12.8. The van der Waals surface area contributed by atoms with Gasteiger partial charge < -0.3 is 10.1 Å². The van der Waals surface area contributed by atoms with Crippen molar-refractivity contribution in [2.24, 2.45) is 0 Å². The fourth-order valence-corrected chi connectivity index (χ4v) is 3.19. The lowest BCUT2D eigenvalue weighted by Gasteiger charge is -2.25. The van der Waals surface area contributed by atoms with Gasteiger partial charge in [-0.05, 0) is 13.8 Å². The molecule has 9 heteroatoms. The third kappa shape index (κ3) is 5.53. The first kappa shape index (κ1) is 15.9. The van der Waals surface area contributed by atoms with Crippen LogP contribution in [-0.4, -0.2) is 44.8 Å². The summed E-state index contributed by atoms with van der Waals surface area (Å²) < 4.78 is 29.4. The van der Waals surface area contributed by atoms with Crippen LogP contribution < -0.4 is 10.0 Å². The Morgan fingerprint density at radius 2 is 2.16 bits per heavy atom. The topological polar surface area (TPSA) is 97.4 Å². The zero-order valence-electron chi connectivity index (χ0n) is 11.2. The molecule has 0 amide bonds. The van der Waals surface area contributed by atoms with Gasteiger partial charge in [0.25, 0.3) is 0 Å². The summed E-state index contributed by atoms with van der Waals surface area (Å²) >= 11 is 1.15. The van der Waals surface area contributed by atoms with Crippen molar-refractivity contribution in [3.8, 4) is 0 Å². The Balaban J connectivity index is 2.62. The molecule has 1 aromatic rings. The number of nitrogens with zero attached hydrogens (tertiary/aromatic N) is 1. The second-order valence-corrected chi connectivity index (χ2v) is 7.41. The van der Waals surface area contributed by atoms with Gasteiger partial charge >= 0.3 is 5.97 Å². The van der Waals surface area contributed by atoms with Crippen LogP contribution in [-0.2, 0) is 14.8 Å². The molecule has 0 aromatic carbocycles. The van der Waals surface area contributed by atoms with Crippen LogP contribution >= 0.6 is 11.3 Å². The van der Waals surface area contributed by atoms with Crippen molar-refractivity contribution in [1.29, 1.82) is 0 Å². The standard InChI is InChI=1S/C10H17N3O4S2/c1-10(2,13-19(4,15)16)6-12-9-11-5-7(18-9)8(14)17-3/h5,13H,6H2,1-4H3,(H,11,12). The van der Waals surface area contributed by atoms with E-state index in [2.05, 4.69) is 19.8 Å². The summed E-state index contributed by atoms with van der Waals surface area (Å²) in [6.45, 7) is 3.83. The van der Waals surface area contributed by atoms with Crippen molar-refractivity contribution in [3.05, 3.63) is 11.1 Å². The number of thiazole rings is 1. The molecular formula is C10H17N3O4S2. The second-order valence-electron chi connectivity index (χ2n) is 4.63. The van der Waals surface area contributed by atoms with Gasteiger partial charge in [0.15, 0.2) is 5.13 Å². The van der Waals surface area contributed by atoms with E-state index in [0.717, 1.165) is 17.6 Å². The number of nitrogens with one attached hydrogen (secondary N) is 2. The Morgan fingerprint density at radius 1 is 1.53 bits per heavy atom. The van der Waals surface area contributed by atoms with Gasteiger partial charge in [-0.2, -0.15) is 0 Å². The van der Waals surface area contributed by atoms with Crippen LogP contribution in [0.2, 0.25) is 0 Å². The number of rotatable bonds is 6. The lowest BCUT2D eigenvalue weighted by molar-refractivity contribution is 0.0606. The minimum absolute atomic E-state index is 0.341. The molecule has 0 aliphatic heterocycles. The molecule has 0 aliphatic rings. The summed E-state index contributed by atoms with van der Waals surface area (Å²) in [5.41, 5.74) is -0.662. The fourth-order valence-electron chi connectivity index (χ4n) is 1.39. The van der Waals surface area contributed by atoms with Crippen molar-refractivity contribution in [2.75, 3.05) is 25.2 Å². The van der Waals surface area contributed by atoms with Crippen LogP contribution in [0, 0.1) is 0 Å². The minimum Gasteiger partial charge on any atom is -0.465 e. The van der Waals surface area contributed by atoms with Gasteiger partial charge in [-0.15, -0.1) is 0 Å². The molecular weight excluding hydrogens is 290 g/mol. The Labute approximate surface area is 116 Å². The molecule has 0 saturated heterocycles. The molecule has 0 atom stereocenters. The first-order chi connectivity index (χ1) is 8.63. The highest BCUT2D eigenvalue weighted by atomic mass is 32.2. The molecule has 0 fully saturated rings. The molecule has 1 heterocycles. The van der Waals surface area contributed by atoms with Gasteiger partial charge in [-0.1, -0.05) is 11.3 Å². The van der Waals surface area contributed by atoms with E-state index < -0.39 is 21.5 Å². The van der Waals surface area contributed by atoms with E-state index in [1.807, 2.05) is 0 Å². The molecule has 0 bridgehead atoms. The lowest BCUT2D eigenvalue weighted by Crippen LogP contribution is -2.47. The van der Waals surface area contributed by atoms with Crippen LogP contribution in [0.4, 0.5) is 5.13 Å². The number of hydrogen-bond acceptors (Lipinski definition) is 7. The van der Waals surface area contributed by atoms with Gasteiger partial charge in [0.05, 0.1) is 19.6 Å². The van der Waals surface area contributed by atoms with Crippen molar-refractivity contribution in [1.82, 2.24) is 9.71 Å². The molecule has 1 rings (SSSR count). The third-order valence-corrected chi connectivity index (χ3v) is 3.89. The normalized spacial score (nSPS) is 12.2. The summed E-state index contributed by atoms with van der Waals surface area (Å²) in [7, 11) is -1.98. The highest BCUT2D eigenvalue weighted by Crippen LogP contribution is 2.19. The number of sulfonamides is 1. The first-order valence-corrected chi connectivity index (χ1v) is 8.11. The number of hydrogen-bond donors (Lipinski definition) is 2. The lowest BCUT2D eigenvalue weighted by atomic mass is 10.1. The van der Waals surface area contributed by atoms with Crippen LogP contribution in [0.3, 0.4) is 0 Å². The third-order valence-electron chi connectivity index (χ3n) is 2.04. The average molecular weight is 307 g/mol. The number of ether oxygens (including phenoxy) is 1. The van der Waals surface area contributed by atoms with E-state index >= 15 is 0 Å². The van der Waals surface area contributed by atoms with Crippen molar-refractivity contribution in [3.63, 3.8) is 0 Å². The number of carbonyl (C=O) groups is 1. The predicted molar refractivity (Wildman–Crippen MR) is 74.0 cm³/mol. The maximum absolute atomic E-state index is 11.2. The Bertz CT molecular complexity index is 551. The Morgan fingerprint density at radius 3 is 2.68 bits per heavy atom. The van der Waals surface area contributed by atoms with Crippen molar-refractivity contribution < 1.29 is 17.9 Å². The van der Waals surface area contributed by atoms with Crippen molar-refractivity contribution in [2.45, 2.75) is 19.4 Å². The quantitative estimate of drug-likeness (QED) is 0.750. The highest BCUT2D eigenvalue weighted by Gasteiger charge is 2.22. The molecule has 0 saturated carbocycles. The van der Waals surface area contributed by atoms with Crippen LogP contribution in [0.1, 0.15) is 23.5 Å². The molecule has 0 aliphatic carbocycles. The van der Waals surface area contributed by atoms with Crippen LogP contribution in [0.5, 0.6) is 0 Å². The Kier molecular flexibility index (Phi) is 4.88. The van der Waals surface area contributed by atoms with Gasteiger partial charge in [-0.25, -0.2) is 22.9 Å². The highest BCUT2D eigenvalue weighted by molar-refractivity contribution is 7.88. The van der Waals surface area contributed by atoms with Crippen LogP contribution in [0.25, 0.3) is 0 Å². The number of carbonyl (C=O) groups excluding carboxylic acids is 1. The zero-order chi connectivity index (χ0) is 14.7. The van der Waals surface area contributed by atoms with Gasteiger partial charge in [0.2, 0.25) is 10.0 Å². The second kappa shape index (κ2) is 5.85. The van der Waals surface area contributed by atoms with E-state index in [1.165, 1.54) is 13.3 Å². The summed E-state index contributed by atoms with van der Waals surface area (Å²) in [6.07, 6.45) is 2.52. The monoisotopic (exact) mass is 307 g/mol. The van der Waals surface area contributed by atoms with E-state index in [-0.39, 0.29) is 0 Å². The molecule has 0 spiro atoms.